The van der Waals surface area contributed by atoms with Crippen molar-refractivity contribution in [1.82, 2.24) is 25.8 Å². The van der Waals surface area contributed by atoms with Crippen molar-refractivity contribution < 1.29 is 24.2 Å². The molecule has 40 heavy (non-hydrogen) atoms. The molecule has 10 nitrogen and oxygen atoms in total. The van der Waals surface area contributed by atoms with Gasteiger partial charge in [0.2, 0.25) is 17.7 Å². The Kier molecular flexibility index (Phi) is 8.54. The van der Waals surface area contributed by atoms with Gasteiger partial charge in [0.25, 0.3) is 0 Å². The lowest BCUT2D eigenvalue weighted by Crippen LogP contribution is -2.57. The fraction of sp³-hybridized carbons (Fsp3) is 0.533. The molecular weight excluding hydrogens is 510 g/mol. The number of benzene rings is 1. The standard InChI is InChI=1S/C30H39N5O5/c1-18-28(37)34-25(16-19-5-10-22(36)11-6-19)29(38)32-14-3-4-24-27-21(13-15-31-24)9-12-23(40-27)17-33-26(20-7-8-20)30(39)35(18)2/h5-6,10-11,13,15,18,20,23,25-26,33,36H,3-4,7-9,12,14,16-17H2,1-2H3,(H,32,38)(H,34,37)/t18-,23-,25-,26+/m1/s1. The number of phenolic OH excluding ortho intramolecular Hbond substituents is 1. The van der Waals surface area contributed by atoms with Gasteiger partial charge in [-0.2, -0.15) is 0 Å². The lowest BCUT2D eigenvalue weighted by Gasteiger charge is -2.32. The van der Waals surface area contributed by atoms with Gasteiger partial charge < -0.3 is 30.7 Å². The molecule has 1 aromatic heterocycles. The molecule has 2 aromatic rings. The highest BCUT2D eigenvalue weighted by molar-refractivity contribution is 5.93. The number of nitrogens with one attached hydrogen (secondary N) is 3. The molecule has 0 unspecified atom stereocenters. The maximum atomic E-state index is 13.6. The van der Waals surface area contributed by atoms with E-state index in [1.807, 2.05) is 12.3 Å². The molecular formula is C30H39N5O5. The number of aromatic hydroxyl groups is 1. The van der Waals surface area contributed by atoms with E-state index in [4.69, 9.17) is 4.74 Å². The summed E-state index contributed by atoms with van der Waals surface area (Å²) < 4.78 is 6.40. The van der Waals surface area contributed by atoms with E-state index in [-0.39, 0.29) is 36.0 Å². The molecule has 214 valence electrons. The highest BCUT2D eigenvalue weighted by Crippen LogP contribution is 2.34. The van der Waals surface area contributed by atoms with E-state index in [9.17, 15) is 19.5 Å². The van der Waals surface area contributed by atoms with Gasteiger partial charge in [-0.3, -0.25) is 19.4 Å². The first kappa shape index (κ1) is 27.9. The number of fused-ring (bicyclic) bond motifs is 1. The van der Waals surface area contributed by atoms with Gasteiger partial charge >= 0.3 is 0 Å². The van der Waals surface area contributed by atoms with Crippen LogP contribution in [0.1, 0.15) is 49.4 Å². The second-order valence-corrected chi connectivity index (χ2v) is 11.2. The third kappa shape index (κ3) is 6.55. The van der Waals surface area contributed by atoms with E-state index >= 15 is 0 Å². The molecule has 4 atom stereocenters. The number of aryl methyl sites for hydroxylation is 2. The topological polar surface area (TPSA) is 133 Å². The van der Waals surface area contributed by atoms with Crippen molar-refractivity contribution in [2.45, 2.75) is 76.1 Å². The van der Waals surface area contributed by atoms with E-state index in [2.05, 4.69) is 20.9 Å². The molecule has 2 bridgehead atoms. The first-order valence-corrected chi connectivity index (χ1v) is 14.3. The van der Waals surface area contributed by atoms with Gasteiger partial charge in [-0.1, -0.05) is 12.1 Å². The third-order valence-electron chi connectivity index (χ3n) is 8.21. The monoisotopic (exact) mass is 549 g/mol. The zero-order valence-electron chi connectivity index (χ0n) is 23.2. The van der Waals surface area contributed by atoms with Crippen molar-refractivity contribution in [3.63, 3.8) is 0 Å². The molecule has 0 radical (unpaired) electrons. The molecule has 1 aliphatic carbocycles. The molecule has 3 aliphatic rings. The van der Waals surface area contributed by atoms with Crippen molar-refractivity contribution >= 4 is 17.7 Å². The zero-order chi connectivity index (χ0) is 28.2. The zero-order valence-corrected chi connectivity index (χ0v) is 23.2. The predicted octanol–water partition coefficient (Wildman–Crippen LogP) is 1.49. The summed E-state index contributed by atoms with van der Waals surface area (Å²) in [7, 11) is 1.64. The quantitative estimate of drug-likeness (QED) is 0.456. The van der Waals surface area contributed by atoms with Gasteiger partial charge in [0, 0.05) is 32.8 Å². The number of ether oxygens (including phenoxy) is 1. The van der Waals surface area contributed by atoms with Gasteiger partial charge in [-0.05, 0) is 80.7 Å². The summed E-state index contributed by atoms with van der Waals surface area (Å²) in [6.45, 7) is 2.63. The van der Waals surface area contributed by atoms with Gasteiger partial charge in [0.15, 0.2) is 0 Å². The van der Waals surface area contributed by atoms with E-state index < -0.39 is 24.0 Å². The lowest BCUT2D eigenvalue weighted by atomic mass is 10.00. The van der Waals surface area contributed by atoms with Gasteiger partial charge in [0.1, 0.15) is 29.7 Å². The molecule has 2 aliphatic heterocycles. The molecule has 4 N–H and O–H groups in total. The fourth-order valence-electron chi connectivity index (χ4n) is 5.43. The van der Waals surface area contributed by atoms with E-state index in [0.717, 1.165) is 48.3 Å². The second-order valence-electron chi connectivity index (χ2n) is 11.2. The SMILES string of the molecule is C[C@@H]1C(=O)N[C@H](Cc2ccc(O)cc2)C(=O)NCCCc2nccc3c2O[C@H](CC3)CN[C@@H](C2CC2)C(=O)N1C. The first-order valence-electron chi connectivity index (χ1n) is 14.3. The minimum Gasteiger partial charge on any atom is -0.508 e. The number of hydrogen-bond acceptors (Lipinski definition) is 7. The number of aromatic nitrogens is 1. The van der Waals surface area contributed by atoms with Crippen LogP contribution in [0.5, 0.6) is 11.5 Å². The molecule has 0 spiro atoms. The average Bonchev–Trinajstić information content (AvgIpc) is 3.80. The molecule has 1 aromatic carbocycles. The van der Waals surface area contributed by atoms with Crippen molar-refractivity contribution in [1.29, 1.82) is 0 Å². The maximum absolute atomic E-state index is 13.6. The largest absolute Gasteiger partial charge is 0.508 e. The number of nitrogens with zero attached hydrogens (tertiary/aromatic N) is 2. The molecule has 0 saturated heterocycles. The van der Waals surface area contributed by atoms with Crippen LogP contribution >= 0.6 is 0 Å². The number of likely N-dealkylation sites (N-methyl/N-ethyl adjacent to an activating group) is 1. The Hall–Kier alpha value is -3.66. The summed E-state index contributed by atoms with van der Waals surface area (Å²) in [5, 5.41) is 18.9. The van der Waals surface area contributed by atoms with Crippen LogP contribution < -0.4 is 20.7 Å². The lowest BCUT2D eigenvalue weighted by molar-refractivity contribution is -0.141. The van der Waals surface area contributed by atoms with Crippen LogP contribution in [-0.2, 0) is 33.6 Å². The van der Waals surface area contributed by atoms with Crippen LogP contribution in [0, 0.1) is 5.92 Å². The van der Waals surface area contributed by atoms with Crippen LogP contribution in [0.4, 0.5) is 0 Å². The molecule has 10 heteroatoms. The van der Waals surface area contributed by atoms with Crippen LogP contribution in [0.15, 0.2) is 36.5 Å². The Morgan fingerprint density at radius 3 is 2.58 bits per heavy atom. The average molecular weight is 550 g/mol. The summed E-state index contributed by atoms with van der Waals surface area (Å²) in [5.41, 5.74) is 2.80. The number of pyridine rings is 1. The number of carbonyl (C=O) groups excluding carboxylic acids is 3. The Balaban J connectivity index is 1.39. The molecule has 1 fully saturated rings. The summed E-state index contributed by atoms with van der Waals surface area (Å²) in [5.74, 6) is 0.348. The normalized spacial score (nSPS) is 26.6. The number of phenols is 1. The number of hydrogen-bond donors (Lipinski definition) is 4. The molecule has 3 amide bonds. The molecule has 1 saturated carbocycles. The van der Waals surface area contributed by atoms with Crippen molar-refractivity contribution in [2.24, 2.45) is 5.92 Å². The third-order valence-corrected chi connectivity index (χ3v) is 8.21. The van der Waals surface area contributed by atoms with Crippen LogP contribution in [0.2, 0.25) is 0 Å². The Morgan fingerprint density at radius 2 is 1.82 bits per heavy atom. The summed E-state index contributed by atoms with van der Waals surface area (Å²) in [6.07, 6.45) is 6.95. The van der Waals surface area contributed by atoms with Crippen LogP contribution in [0.25, 0.3) is 0 Å². The summed E-state index contributed by atoms with van der Waals surface area (Å²) >= 11 is 0. The van der Waals surface area contributed by atoms with Crippen LogP contribution in [-0.4, -0.2) is 77.1 Å². The van der Waals surface area contributed by atoms with Gasteiger partial charge in [0.05, 0.1) is 11.7 Å². The predicted molar refractivity (Wildman–Crippen MR) is 149 cm³/mol. The van der Waals surface area contributed by atoms with Gasteiger partial charge in [-0.15, -0.1) is 0 Å². The molecule has 5 rings (SSSR count). The van der Waals surface area contributed by atoms with Crippen molar-refractivity contribution in [3.8, 4) is 11.5 Å². The maximum Gasteiger partial charge on any atom is 0.243 e. The fourth-order valence-corrected chi connectivity index (χ4v) is 5.43. The Labute approximate surface area is 234 Å². The number of amides is 3. The minimum atomic E-state index is -0.842. The smallest absolute Gasteiger partial charge is 0.243 e. The summed E-state index contributed by atoms with van der Waals surface area (Å²) in [6, 6.07) is 6.55. The van der Waals surface area contributed by atoms with Crippen LogP contribution in [0.3, 0.4) is 0 Å². The van der Waals surface area contributed by atoms with E-state index in [1.165, 1.54) is 4.90 Å². The van der Waals surface area contributed by atoms with E-state index in [0.29, 0.717) is 25.9 Å². The highest BCUT2D eigenvalue weighted by atomic mass is 16.5. The summed E-state index contributed by atoms with van der Waals surface area (Å²) in [4.78, 5) is 46.2. The number of rotatable bonds is 3. The van der Waals surface area contributed by atoms with Crippen molar-refractivity contribution in [2.75, 3.05) is 20.1 Å². The highest BCUT2D eigenvalue weighted by Gasteiger charge is 2.40. The van der Waals surface area contributed by atoms with E-state index in [1.54, 1.807) is 38.2 Å². The Bertz CT molecular complexity index is 1230. The molecule has 3 heterocycles. The van der Waals surface area contributed by atoms with Gasteiger partial charge in [-0.25, -0.2) is 0 Å². The first-order chi connectivity index (χ1) is 19.3. The minimum absolute atomic E-state index is 0.0743. The second kappa shape index (κ2) is 12.2. The number of carbonyl (C=O) groups is 3. The van der Waals surface area contributed by atoms with Crippen molar-refractivity contribution in [3.05, 3.63) is 53.3 Å². The Morgan fingerprint density at radius 1 is 1.05 bits per heavy atom.